The van der Waals surface area contributed by atoms with Gasteiger partial charge in [0.1, 0.15) is 0 Å². The first kappa shape index (κ1) is 16.9. The Bertz CT molecular complexity index is 134. The van der Waals surface area contributed by atoms with E-state index >= 15 is 0 Å². The Hall–Kier alpha value is -0.530. The molecule has 0 aliphatic rings. The maximum Gasteiger partial charge on any atom is 0.219 e. The topological polar surface area (TPSA) is 20.3 Å². The third-order valence-electron chi connectivity index (χ3n) is 2.38. The lowest BCUT2D eigenvalue weighted by molar-refractivity contribution is -0.127. The van der Waals surface area contributed by atoms with Crippen LogP contribution in [-0.4, -0.2) is 24.4 Å². The van der Waals surface area contributed by atoms with Gasteiger partial charge in [0.2, 0.25) is 5.91 Å². The highest BCUT2D eigenvalue weighted by Crippen LogP contribution is 2.05. The van der Waals surface area contributed by atoms with Crippen LogP contribution in [0.2, 0.25) is 0 Å². The van der Waals surface area contributed by atoms with Gasteiger partial charge in [-0.05, 0) is 6.42 Å². The number of carbonyl (C=O) groups is 1. The molecule has 2 heteroatoms. The summed E-state index contributed by atoms with van der Waals surface area (Å²) in [5.74, 6) is 0.175. The molecule has 0 spiro atoms. The van der Waals surface area contributed by atoms with Gasteiger partial charge in [0, 0.05) is 20.5 Å². The number of carbonyl (C=O) groups excluding carboxylic acids is 1. The lowest BCUT2D eigenvalue weighted by atomic mass is 10.1. The Labute approximate surface area is 96.0 Å². The molecule has 0 aromatic rings. The summed E-state index contributed by atoms with van der Waals surface area (Å²) in [6.45, 7) is 8.77. The van der Waals surface area contributed by atoms with Gasteiger partial charge < -0.3 is 4.90 Å². The van der Waals surface area contributed by atoms with E-state index in [1.54, 1.807) is 11.8 Å². The fourth-order valence-electron chi connectivity index (χ4n) is 1.29. The van der Waals surface area contributed by atoms with Gasteiger partial charge in [-0.1, -0.05) is 52.9 Å². The normalized spacial score (nSPS) is 9.13. The highest BCUT2D eigenvalue weighted by molar-refractivity contribution is 5.72. The Morgan fingerprint density at radius 1 is 1.00 bits per heavy atom. The van der Waals surface area contributed by atoms with Gasteiger partial charge in [-0.25, -0.2) is 0 Å². The van der Waals surface area contributed by atoms with Crippen LogP contribution >= 0.6 is 0 Å². The fourth-order valence-corrected chi connectivity index (χ4v) is 1.29. The van der Waals surface area contributed by atoms with Crippen molar-refractivity contribution in [2.45, 2.75) is 66.2 Å². The lowest BCUT2D eigenvalue weighted by Gasteiger charge is -2.13. The second-order valence-corrected chi connectivity index (χ2v) is 3.71. The standard InChI is InChI=1S/C11H23NO.C2H6/c1-4-5-6-7-8-9-10-12(3)11(2)13;1-2/h4-10H2,1-3H3;1-2H3. The van der Waals surface area contributed by atoms with E-state index in [4.69, 9.17) is 0 Å². The molecule has 0 aromatic heterocycles. The fraction of sp³-hybridized carbons (Fsp3) is 0.923. The minimum absolute atomic E-state index is 0.175. The molecule has 2 nitrogen and oxygen atoms in total. The number of hydrogen-bond donors (Lipinski definition) is 0. The van der Waals surface area contributed by atoms with Gasteiger partial charge in [0.15, 0.2) is 0 Å². The molecule has 0 atom stereocenters. The van der Waals surface area contributed by atoms with Crippen molar-refractivity contribution in [3.63, 3.8) is 0 Å². The van der Waals surface area contributed by atoms with E-state index in [9.17, 15) is 4.79 Å². The number of unbranched alkanes of at least 4 members (excludes halogenated alkanes) is 5. The maximum absolute atomic E-state index is 10.8. The second-order valence-electron chi connectivity index (χ2n) is 3.71. The van der Waals surface area contributed by atoms with Gasteiger partial charge >= 0.3 is 0 Å². The lowest BCUT2D eigenvalue weighted by Crippen LogP contribution is -2.24. The summed E-state index contributed by atoms with van der Waals surface area (Å²) in [5, 5.41) is 0. The zero-order valence-corrected chi connectivity index (χ0v) is 11.3. The van der Waals surface area contributed by atoms with Gasteiger partial charge in [-0.2, -0.15) is 0 Å². The minimum atomic E-state index is 0.175. The summed E-state index contributed by atoms with van der Waals surface area (Å²) < 4.78 is 0. The van der Waals surface area contributed by atoms with Crippen LogP contribution in [0.3, 0.4) is 0 Å². The maximum atomic E-state index is 10.8. The molecular weight excluding hydrogens is 186 g/mol. The summed E-state index contributed by atoms with van der Waals surface area (Å²) in [6.07, 6.45) is 7.73. The van der Waals surface area contributed by atoms with Crippen LogP contribution < -0.4 is 0 Å². The first-order chi connectivity index (χ1) is 7.18. The molecule has 92 valence electrons. The largest absolute Gasteiger partial charge is 0.346 e. The summed E-state index contributed by atoms with van der Waals surface area (Å²) >= 11 is 0. The smallest absolute Gasteiger partial charge is 0.219 e. The van der Waals surface area contributed by atoms with Crippen molar-refractivity contribution in [2.24, 2.45) is 0 Å². The molecular formula is C13H29NO. The van der Waals surface area contributed by atoms with Crippen molar-refractivity contribution in [1.29, 1.82) is 0 Å². The molecule has 0 fully saturated rings. The number of hydrogen-bond acceptors (Lipinski definition) is 1. The van der Waals surface area contributed by atoms with Crippen molar-refractivity contribution >= 4 is 5.91 Å². The van der Waals surface area contributed by atoms with Crippen molar-refractivity contribution in [3.8, 4) is 0 Å². The van der Waals surface area contributed by atoms with E-state index in [0.717, 1.165) is 13.0 Å². The molecule has 0 rings (SSSR count). The Balaban J connectivity index is 0. The molecule has 0 radical (unpaired) electrons. The van der Waals surface area contributed by atoms with E-state index in [1.165, 1.54) is 32.1 Å². The molecule has 0 aromatic carbocycles. The van der Waals surface area contributed by atoms with Crippen LogP contribution in [0.1, 0.15) is 66.2 Å². The third-order valence-corrected chi connectivity index (χ3v) is 2.38. The molecule has 0 bridgehead atoms. The average molecular weight is 215 g/mol. The second kappa shape index (κ2) is 13.5. The monoisotopic (exact) mass is 215 g/mol. The number of nitrogens with zero attached hydrogens (tertiary/aromatic N) is 1. The van der Waals surface area contributed by atoms with E-state index in [1.807, 2.05) is 20.9 Å². The molecule has 0 aliphatic heterocycles. The predicted octanol–water partition coefficient (Wildman–Crippen LogP) is 3.85. The SMILES string of the molecule is CC.CCCCCCCCN(C)C(C)=O. The van der Waals surface area contributed by atoms with Crippen molar-refractivity contribution in [3.05, 3.63) is 0 Å². The number of amides is 1. The molecule has 0 unspecified atom stereocenters. The Morgan fingerprint density at radius 3 is 1.93 bits per heavy atom. The van der Waals surface area contributed by atoms with Crippen LogP contribution in [0, 0.1) is 0 Å². The van der Waals surface area contributed by atoms with Gasteiger partial charge in [-0.3, -0.25) is 4.79 Å². The quantitative estimate of drug-likeness (QED) is 0.591. The zero-order chi connectivity index (χ0) is 12.1. The zero-order valence-electron chi connectivity index (χ0n) is 11.3. The van der Waals surface area contributed by atoms with E-state index in [2.05, 4.69) is 6.92 Å². The molecule has 0 aliphatic carbocycles. The van der Waals surface area contributed by atoms with E-state index in [-0.39, 0.29) is 5.91 Å². The first-order valence-electron chi connectivity index (χ1n) is 6.40. The minimum Gasteiger partial charge on any atom is -0.346 e. The van der Waals surface area contributed by atoms with Crippen LogP contribution in [0.25, 0.3) is 0 Å². The molecule has 0 saturated heterocycles. The van der Waals surface area contributed by atoms with Crippen molar-refractivity contribution < 1.29 is 4.79 Å². The average Bonchev–Trinajstić information content (AvgIpc) is 2.25. The third kappa shape index (κ3) is 13.5. The van der Waals surface area contributed by atoms with Crippen LogP contribution in [0.5, 0.6) is 0 Å². The highest BCUT2D eigenvalue weighted by Gasteiger charge is 1.99. The predicted molar refractivity (Wildman–Crippen MR) is 68.0 cm³/mol. The molecule has 0 heterocycles. The van der Waals surface area contributed by atoms with Gasteiger partial charge in [0.05, 0.1) is 0 Å². The van der Waals surface area contributed by atoms with Gasteiger partial charge in [-0.15, -0.1) is 0 Å². The molecule has 0 saturated carbocycles. The van der Waals surface area contributed by atoms with Crippen LogP contribution in [0.4, 0.5) is 0 Å². The summed E-state index contributed by atoms with van der Waals surface area (Å²) in [4.78, 5) is 12.6. The summed E-state index contributed by atoms with van der Waals surface area (Å²) in [7, 11) is 1.87. The van der Waals surface area contributed by atoms with E-state index in [0.29, 0.717) is 0 Å². The molecule has 1 amide bonds. The summed E-state index contributed by atoms with van der Waals surface area (Å²) in [5.41, 5.74) is 0. The number of rotatable bonds is 7. The van der Waals surface area contributed by atoms with Crippen LogP contribution in [0.15, 0.2) is 0 Å². The van der Waals surface area contributed by atoms with Crippen molar-refractivity contribution in [1.82, 2.24) is 4.90 Å². The molecule has 15 heavy (non-hydrogen) atoms. The highest BCUT2D eigenvalue weighted by atomic mass is 16.2. The van der Waals surface area contributed by atoms with E-state index < -0.39 is 0 Å². The molecule has 0 N–H and O–H groups in total. The van der Waals surface area contributed by atoms with Gasteiger partial charge in [0.25, 0.3) is 0 Å². The van der Waals surface area contributed by atoms with Crippen molar-refractivity contribution in [2.75, 3.05) is 13.6 Å². The van der Waals surface area contributed by atoms with Crippen LogP contribution in [-0.2, 0) is 4.79 Å². The first-order valence-corrected chi connectivity index (χ1v) is 6.40. The Kier molecular flexibility index (Phi) is 15.2. The summed E-state index contributed by atoms with van der Waals surface area (Å²) in [6, 6.07) is 0. The Morgan fingerprint density at radius 2 is 1.47 bits per heavy atom.